The zero-order valence-electron chi connectivity index (χ0n) is 61.1. The number of imide groups is 6. The summed E-state index contributed by atoms with van der Waals surface area (Å²) in [4.78, 5) is 264. The van der Waals surface area contributed by atoms with Gasteiger partial charge in [-0.1, -0.05) is 39.5 Å². The first-order chi connectivity index (χ1) is 51.0. The molecule has 596 valence electrons. The summed E-state index contributed by atoms with van der Waals surface area (Å²) < 4.78 is 56.7. The molecule has 6 unspecified atom stereocenters. The number of carbonyl (C=O) groups is 23. The van der Waals surface area contributed by atoms with Gasteiger partial charge in [-0.05, 0) is 33.6 Å². The molecule has 6 atom stereocenters. The van der Waals surface area contributed by atoms with Crippen LogP contribution in [0.5, 0.6) is 0 Å². The summed E-state index contributed by atoms with van der Waals surface area (Å²) in [5.41, 5.74) is 0.502. The Kier molecular flexibility index (Phi) is 40.8. The Morgan fingerprint density at radius 3 is 0.752 bits per heavy atom. The molecule has 0 aromatic rings. The van der Waals surface area contributed by atoms with Gasteiger partial charge in [-0.2, -0.15) is 0 Å². The smallest absolute Gasteiger partial charge is 0.333 e. The van der Waals surface area contributed by atoms with E-state index in [4.69, 9.17) is 33.2 Å². The van der Waals surface area contributed by atoms with Crippen molar-refractivity contribution in [2.45, 2.75) is 170 Å². The van der Waals surface area contributed by atoms with Gasteiger partial charge in [0.2, 0.25) is 35.4 Å². The standard InChI is InChI=1S/C13H17NO6.2C12H15NO6.C11H13NO6.C10H11NO6.C10H13NO5/c1-8(2)13(18)19-7-11(17)14-10(16)5-4-6-12(14)20-9(3)15;1-7(2)12(17)18-6-10(16)13-9(15)4-5-11(13)19-8(3)14;1-3-12(17)18-7-10(16)13-9(15)5-4-6-11(13)19-8(2)14;1-3-11(16)17-6-9(15)12-8(14)4-5-10(12)18-7(2)13;1-3-10(15)16-5-8(14)11-7(13)4-9(11)17-6(2)12;1-6(2)10(14)16-5-8(13)11-7(12)4-9(11)15-3/h12H,1,4-7H2,2-3H3;11H,1,4-6H2,2-3H3;3,11H,1,4-7H2,2H3;3,10H,1,4-6H2,2H3;3,9H,1,4-5H2,2H3;9H,1,4-5H2,2-3H3. The molecule has 6 saturated heterocycles. The van der Waals surface area contributed by atoms with E-state index < -0.39 is 208 Å². The van der Waals surface area contributed by atoms with Crippen molar-refractivity contribution in [3.63, 3.8) is 0 Å². The third kappa shape index (κ3) is 32.8. The second-order valence-electron chi connectivity index (χ2n) is 22.7. The molecule has 6 fully saturated rings. The first-order valence-electron chi connectivity index (χ1n) is 32.3. The molecule has 0 spiro atoms. The van der Waals surface area contributed by atoms with Crippen LogP contribution in [0.2, 0.25) is 0 Å². The molecule has 41 heteroatoms. The molecule has 0 aromatic heterocycles. The molecule has 0 aromatic carbocycles. The molecular formula is C68H84N6O35. The Balaban J connectivity index is 0.000000655. The molecule has 109 heavy (non-hydrogen) atoms. The number of likely N-dealkylation sites (tertiary alicyclic amines) is 6. The third-order valence-corrected chi connectivity index (χ3v) is 13.9. The fraction of sp³-hybridized carbons (Fsp3) is 0.485. The van der Waals surface area contributed by atoms with E-state index in [1.165, 1.54) is 62.5 Å². The van der Waals surface area contributed by atoms with Crippen molar-refractivity contribution in [3.8, 4) is 0 Å². The first kappa shape index (κ1) is 94.4. The van der Waals surface area contributed by atoms with Gasteiger partial charge in [0.25, 0.3) is 35.4 Å². The molecule has 6 rings (SSSR count). The number of carbonyl (C=O) groups excluding carboxylic acids is 23. The molecule has 12 amide bonds. The van der Waals surface area contributed by atoms with Crippen LogP contribution in [0.25, 0.3) is 0 Å². The van der Waals surface area contributed by atoms with Crippen LogP contribution in [0.4, 0.5) is 0 Å². The number of methoxy groups -OCH3 is 1. The van der Waals surface area contributed by atoms with Crippen LogP contribution in [0.15, 0.2) is 74.4 Å². The summed E-state index contributed by atoms with van der Waals surface area (Å²) in [6.45, 7) is 26.5. The number of hydrogen-bond donors (Lipinski definition) is 0. The van der Waals surface area contributed by atoms with Crippen LogP contribution in [0, 0.1) is 0 Å². The van der Waals surface area contributed by atoms with Crippen LogP contribution in [-0.2, 0) is 167 Å². The number of ether oxygens (including phenoxy) is 12. The van der Waals surface area contributed by atoms with E-state index in [9.17, 15) is 110 Å². The van der Waals surface area contributed by atoms with Crippen LogP contribution < -0.4 is 0 Å². The maximum Gasteiger partial charge on any atom is 0.333 e. The average molecular weight is 1550 g/mol. The Morgan fingerprint density at radius 2 is 0.523 bits per heavy atom. The lowest BCUT2D eigenvalue weighted by atomic mass is 10.1. The third-order valence-electron chi connectivity index (χ3n) is 13.9. The van der Waals surface area contributed by atoms with Crippen molar-refractivity contribution >= 4 is 137 Å². The number of piperidine rings is 2. The van der Waals surface area contributed by atoms with Crippen molar-refractivity contribution < 1.29 is 167 Å². The number of esters is 11. The van der Waals surface area contributed by atoms with E-state index in [-0.39, 0.29) is 74.0 Å². The van der Waals surface area contributed by atoms with Gasteiger partial charge in [-0.15, -0.1) is 0 Å². The summed E-state index contributed by atoms with van der Waals surface area (Å²) in [5.74, 6) is -14.1. The van der Waals surface area contributed by atoms with Crippen molar-refractivity contribution in [2.24, 2.45) is 0 Å². The molecule has 0 bridgehead atoms. The van der Waals surface area contributed by atoms with Gasteiger partial charge in [0.05, 0.1) is 12.8 Å². The second kappa shape index (κ2) is 47.1. The van der Waals surface area contributed by atoms with Crippen molar-refractivity contribution in [1.82, 2.24) is 29.4 Å². The number of amides is 12. The summed E-state index contributed by atoms with van der Waals surface area (Å²) in [5, 5.41) is 0. The molecule has 41 nitrogen and oxygen atoms in total. The number of rotatable bonds is 24. The Labute approximate surface area is 622 Å². The minimum Gasteiger partial charge on any atom is -0.452 e. The molecule has 0 N–H and O–H groups in total. The molecule has 0 aliphatic carbocycles. The Bertz CT molecular complexity index is 3650. The van der Waals surface area contributed by atoms with Gasteiger partial charge < -0.3 is 56.8 Å². The lowest BCUT2D eigenvalue weighted by molar-refractivity contribution is -0.189. The Morgan fingerprint density at radius 1 is 0.312 bits per heavy atom. The SMILES string of the molecule is C=C(C)C(=O)OCC(=O)N1C(=O)CC1OC.C=C(C)C(=O)OCC(=O)N1C(=O)CCC1OC(C)=O.C=C(C)C(=O)OCC(=O)N1C(=O)CCCC1OC(C)=O.C=CC(=O)OCC(=O)N1C(=O)CC1OC(C)=O.C=CC(=O)OCC(=O)N1C(=O)CCC1OC(C)=O.C=CC(=O)OCC(=O)N1C(=O)CCCC1OC(C)=O. The highest BCUT2D eigenvalue weighted by molar-refractivity contribution is 6.04. The normalized spacial score (nSPS) is 18.4. The largest absolute Gasteiger partial charge is 0.452 e. The van der Waals surface area contributed by atoms with Gasteiger partial charge in [-0.25, -0.2) is 53.3 Å². The van der Waals surface area contributed by atoms with Gasteiger partial charge in [0.15, 0.2) is 70.8 Å². The predicted molar refractivity (Wildman–Crippen MR) is 356 cm³/mol. The maximum absolute atomic E-state index is 11.9. The van der Waals surface area contributed by atoms with E-state index in [0.29, 0.717) is 25.7 Å². The molecule has 6 heterocycles. The van der Waals surface area contributed by atoms with Crippen LogP contribution >= 0.6 is 0 Å². The molecule has 0 saturated carbocycles. The maximum atomic E-state index is 11.9. The quantitative estimate of drug-likeness (QED) is 0.0521. The second-order valence-corrected chi connectivity index (χ2v) is 22.7. The fourth-order valence-corrected chi connectivity index (χ4v) is 8.99. The molecule has 0 radical (unpaired) electrons. The van der Waals surface area contributed by atoms with Crippen molar-refractivity contribution in [2.75, 3.05) is 46.8 Å². The number of nitrogens with zero attached hydrogens (tertiary/aromatic N) is 6. The minimum atomic E-state index is -0.926. The van der Waals surface area contributed by atoms with E-state index in [1.54, 1.807) is 0 Å². The molecule has 6 aliphatic rings. The highest BCUT2D eigenvalue weighted by atomic mass is 16.6. The minimum absolute atomic E-state index is 0.0409. The molecule has 6 aliphatic heterocycles. The highest BCUT2D eigenvalue weighted by Gasteiger charge is 2.45. The predicted octanol–water partition coefficient (Wildman–Crippen LogP) is -0.224. The lowest BCUT2D eigenvalue weighted by Crippen LogP contribution is -2.58. The lowest BCUT2D eigenvalue weighted by Gasteiger charge is -2.36. The van der Waals surface area contributed by atoms with Crippen LogP contribution in [0.3, 0.4) is 0 Å². The highest BCUT2D eigenvalue weighted by Crippen LogP contribution is 2.25. The van der Waals surface area contributed by atoms with E-state index in [0.717, 1.165) is 47.6 Å². The zero-order valence-corrected chi connectivity index (χ0v) is 61.1. The number of hydrogen-bond acceptors (Lipinski definition) is 35. The summed E-state index contributed by atoms with van der Waals surface area (Å²) in [6.07, 6.45) is 0.676. The fourth-order valence-electron chi connectivity index (χ4n) is 8.99. The summed E-state index contributed by atoms with van der Waals surface area (Å²) in [6, 6.07) is 0. The average Bonchev–Trinajstić information content (AvgIpc) is 1.63. The van der Waals surface area contributed by atoms with E-state index >= 15 is 0 Å². The monoisotopic (exact) mass is 1540 g/mol. The van der Waals surface area contributed by atoms with Gasteiger partial charge in [0, 0.05) is 128 Å². The van der Waals surface area contributed by atoms with Gasteiger partial charge in [0.1, 0.15) is 6.23 Å². The zero-order chi connectivity index (χ0) is 83.3. The van der Waals surface area contributed by atoms with E-state index in [2.05, 4.69) is 63.2 Å². The van der Waals surface area contributed by atoms with Crippen molar-refractivity contribution in [3.05, 3.63) is 74.4 Å². The van der Waals surface area contributed by atoms with Gasteiger partial charge >= 0.3 is 65.7 Å². The summed E-state index contributed by atoms with van der Waals surface area (Å²) in [7, 11) is 1.40. The topological polar surface area (TPSA) is 523 Å². The first-order valence-corrected chi connectivity index (χ1v) is 32.3. The van der Waals surface area contributed by atoms with E-state index in [1.807, 2.05) is 0 Å². The Hall–Kier alpha value is -12.6. The number of β-lactam (4-membered cyclic amide) rings is 2. The van der Waals surface area contributed by atoms with Crippen LogP contribution in [0.1, 0.15) is 132 Å². The van der Waals surface area contributed by atoms with Crippen LogP contribution in [-0.4, -0.2) is 250 Å². The van der Waals surface area contributed by atoms with Gasteiger partial charge in [-0.3, -0.25) is 86.4 Å². The van der Waals surface area contributed by atoms with Crippen molar-refractivity contribution in [1.29, 1.82) is 0 Å². The molecular weight excluding hydrogens is 1460 g/mol. The summed E-state index contributed by atoms with van der Waals surface area (Å²) >= 11 is 0.